The average molecular weight is 427 g/mol. The van der Waals surface area contributed by atoms with Crippen molar-refractivity contribution in [3.05, 3.63) is 47.5 Å². The van der Waals surface area contributed by atoms with Crippen LogP contribution in [0.5, 0.6) is 11.5 Å². The molecule has 0 aliphatic heterocycles. The monoisotopic (exact) mass is 426 g/mol. The van der Waals surface area contributed by atoms with E-state index in [2.05, 4.69) is 5.32 Å². The molecule has 1 amide bonds. The summed E-state index contributed by atoms with van der Waals surface area (Å²) < 4.78 is 37.2. The summed E-state index contributed by atoms with van der Waals surface area (Å²) in [6, 6.07) is 11.1. The number of sulfonamides is 1. The SMILES string of the molecule is CCN(CC)S(=O)(=O)c1cc(NC(=O)COc2ccc(OC)cc2)ccc1Cl. The summed E-state index contributed by atoms with van der Waals surface area (Å²) in [6.45, 7) is 3.91. The van der Waals surface area contributed by atoms with Crippen LogP contribution in [0.25, 0.3) is 0 Å². The molecule has 0 aliphatic carbocycles. The van der Waals surface area contributed by atoms with Gasteiger partial charge in [0, 0.05) is 18.8 Å². The molecule has 0 radical (unpaired) electrons. The fraction of sp³-hybridized carbons (Fsp3) is 0.316. The Kier molecular flexibility index (Phi) is 7.68. The second kappa shape index (κ2) is 9.77. The fourth-order valence-electron chi connectivity index (χ4n) is 2.50. The van der Waals surface area contributed by atoms with Crippen molar-refractivity contribution in [1.29, 1.82) is 0 Å². The third-order valence-electron chi connectivity index (χ3n) is 3.97. The first kappa shape index (κ1) is 22.0. The first-order valence-electron chi connectivity index (χ1n) is 8.68. The van der Waals surface area contributed by atoms with Gasteiger partial charge in [-0.05, 0) is 42.5 Å². The molecule has 0 spiro atoms. The molecule has 2 rings (SSSR count). The largest absolute Gasteiger partial charge is 0.497 e. The maximum Gasteiger partial charge on any atom is 0.262 e. The molecule has 1 N–H and O–H groups in total. The van der Waals surface area contributed by atoms with Gasteiger partial charge in [0.2, 0.25) is 10.0 Å². The van der Waals surface area contributed by atoms with E-state index in [1.54, 1.807) is 45.2 Å². The van der Waals surface area contributed by atoms with Crippen LogP contribution in [-0.4, -0.2) is 45.4 Å². The number of benzene rings is 2. The van der Waals surface area contributed by atoms with Gasteiger partial charge in [-0.2, -0.15) is 4.31 Å². The van der Waals surface area contributed by atoms with E-state index in [0.717, 1.165) is 0 Å². The Balaban J connectivity index is 2.08. The number of amides is 1. The number of hydrogen-bond acceptors (Lipinski definition) is 5. The smallest absolute Gasteiger partial charge is 0.262 e. The quantitative estimate of drug-likeness (QED) is 0.664. The summed E-state index contributed by atoms with van der Waals surface area (Å²) in [4.78, 5) is 12.1. The molecule has 0 saturated heterocycles. The summed E-state index contributed by atoms with van der Waals surface area (Å²) in [5.74, 6) is 0.765. The molecular formula is C19H23ClN2O5S. The number of methoxy groups -OCH3 is 1. The number of carbonyl (C=O) groups is 1. The molecule has 0 unspecified atom stereocenters. The Bertz CT molecular complexity index is 912. The third-order valence-corrected chi connectivity index (χ3v) is 6.50. The lowest BCUT2D eigenvalue weighted by molar-refractivity contribution is -0.118. The minimum Gasteiger partial charge on any atom is -0.497 e. The molecule has 0 fully saturated rings. The first-order chi connectivity index (χ1) is 13.3. The zero-order valence-electron chi connectivity index (χ0n) is 15.9. The lowest BCUT2D eigenvalue weighted by atomic mass is 10.3. The molecule has 2 aromatic carbocycles. The molecule has 0 heterocycles. The van der Waals surface area contributed by atoms with E-state index < -0.39 is 15.9 Å². The fourth-order valence-corrected chi connectivity index (χ4v) is 4.46. The standard InChI is InChI=1S/C19H23ClN2O5S/c1-4-22(5-2)28(24,25)18-12-14(6-11-17(18)20)21-19(23)13-27-16-9-7-15(26-3)8-10-16/h6-12H,4-5,13H2,1-3H3,(H,21,23). The maximum absolute atomic E-state index is 12.7. The Labute approximate surface area is 170 Å². The van der Waals surface area contributed by atoms with Crippen molar-refractivity contribution in [2.24, 2.45) is 0 Å². The highest BCUT2D eigenvalue weighted by molar-refractivity contribution is 7.89. The van der Waals surface area contributed by atoms with Gasteiger partial charge in [0.25, 0.3) is 5.91 Å². The van der Waals surface area contributed by atoms with Gasteiger partial charge >= 0.3 is 0 Å². The van der Waals surface area contributed by atoms with Crippen molar-refractivity contribution >= 4 is 33.2 Å². The number of halogens is 1. The minimum absolute atomic E-state index is 0.0493. The Morgan fingerprint density at radius 3 is 2.25 bits per heavy atom. The van der Waals surface area contributed by atoms with Crippen molar-refractivity contribution in [3.8, 4) is 11.5 Å². The molecular weight excluding hydrogens is 404 g/mol. The zero-order valence-corrected chi connectivity index (χ0v) is 17.5. The Morgan fingerprint density at radius 1 is 1.07 bits per heavy atom. The van der Waals surface area contributed by atoms with Crippen molar-refractivity contribution in [3.63, 3.8) is 0 Å². The van der Waals surface area contributed by atoms with Crippen molar-refractivity contribution in [1.82, 2.24) is 4.31 Å². The molecule has 2 aromatic rings. The van der Waals surface area contributed by atoms with Gasteiger partial charge in [0.05, 0.1) is 12.1 Å². The van der Waals surface area contributed by atoms with Crippen LogP contribution in [0.3, 0.4) is 0 Å². The van der Waals surface area contributed by atoms with E-state index in [4.69, 9.17) is 21.1 Å². The van der Waals surface area contributed by atoms with Gasteiger partial charge in [-0.15, -0.1) is 0 Å². The zero-order chi connectivity index (χ0) is 20.7. The van der Waals surface area contributed by atoms with Gasteiger partial charge in [0.15, 0.2) is 6.61 Å². The van der Waals surface area contributed by atoms with Crippen molar-refractivity contribution in [2.75, 3.05) is 32.1 Å². The van der Waals surface area contributed by atoms with Crippen LogP contribution in [-0.2, 0) is 14.8 Å². The second-order valence-electron chi connectivity index (χ2n) is 5.75. The van der Waals surface area contributed by atoms with Gasteiger partial charge in [-0.25, -0.2) is 8.42 Å². The Hall–Kier alpha value is -2.29. The molecule has 28 heavy (non-hydrogen) atoms. The topological polar surface area (TPSA) is 84.9 Å². The van der Waals surface area contributed by atoms with Gasteiger partial charge in [-0.3, -0.25) is 4.79 Å². The minimum atomic E-state index is -3.75. The second-order valence-corrected chi connectivity index (χ2v) is 8.06. The number of carbonyl (C=O) groups excluding carboxylic acids is 1. The summed E-state index contributed by atoms with van der Waals surface area (Å²) in [5, 5.41) is 2.72. The number of ether oxygens (including phenoxy) is 2. The van der Waals surface area contributed by atoms with Crippen molar-refractivity contribution in [2.45, 2.75) is 18.7 Å². The average Bonchev–Trinajstić information content (AvgIpc) is 2.69. The van der Waals surface area contributed by atoms with Crippen LogP contribution in [0, 0.1) is 0 Å². The molecule has 0 aliphatic rings. The molecule has 152 valence electrons. The van der Waals surface area contributed by atoms with E-state index in [1.807, 2.05) is 0 Å². The number of rotatable bonds is 9. The Morgan fingerprint density at radius 2 is 1.68 bits per heavy atom. The van der Waals surface area contributed by atoms with Crippen LogP contribution >= 0.6 is 11.6 Å². The van der Waals surface area contributed by atoms with E-state index in [-0.39, 0.29) is 16.5 Å². The summed E-state index contributed by atoms with van der Waals surface area (Å²) in [5.41, 5.74) is 0.318. The lowest BCUT2D eigenvalue weighted by Gasteiger charge is -2.19. The summed E-state index contributed by atoms with van der Waals surface area (Å²) >= 11 is 6.09. The number of nitrogens with one attached hydrogen (secondary N) is 1. The van der Waals surface area contributed by atoms with Crippen LogP contribution in [0.4, 0.5) is 5.69 Å². The normalized spacial score (nSPS) is 11.3. The summed E-state index contributed by atoms with van der Waals surface area (Å²) in [6.07, 6.45) is 0. The third kappa shape index (κ3) is 5.37. The highest BCUT2D eigenvalue weighted by Gasteiger charge is 2.25. The van der Waals surface area contributed by atoms with Crippen molar-refractivity contribution < 1.29 is 22.7 Å². The number of nitrogens with zero attached hydrogens (tertiary/aromatic N) is 1. The lowest BCUT2D eigenvalue weighted by Crippen LogP contribution is -2.31. The van der Waals surface area contributed by atoms with Gasteiger partial charge < -0.3 is 14.8 Å². The molecule has 7 nitrogen and oxygen atoms in total. The molecule has 0 aromatic heterocycles. The highest BCUT2D eigenvalue weighted by atomic mass is 35.5. The van der Waals surface area contributed by atoms with Crippen LogP contribution in [0.15, 0.2) is 47.4 Å². The highest BCUT2D eigenvalue weighted by Crippen LogP contribution is 2.27. The van der Waals surface area contributed by atoms with Crippen LogP contribution < -0.4 is 14.8 Å². The molecule has 0 atom stereocenters. The van der Waals surface area contributed by atoms with Crippen LogP contribution in [0.1, 0.15) is 13.8 Å². The number of anilines is 1. The predicted molar refractivity (Wildman–Crippen MR) is 109 cm³/mol. The van der Waals surface area contributed by atoms with Crippen LogP contribution in [0.2, 0.25) is 5.02 Å². The van der Waals surface area contributed by atoms with E-state index in [1.165, 1.54) is 22.5 Å². The van der Waals surface area contributed by atoms with E-state index in [0.29, 0.717) is 30.3 Å². The van der Waals surface area contributed by atoms with E-state index >= 15 is 0 Å². The molecule has 0 bridgehead atoms. The van der Waals surface area contributed by atoms with Gasteiger partial charge in [-0.1, -0.05) is 25.4 Å². The predicted octanol–water partition coefficient (Wildman–Crippen LogP) is 3.40. The van der Waals surface area contributed by atoms with E-state index in [9.17, 15) is 13.2 Å². The molecule has 9 heteroatoms. The first-order valence-corrected chi connectivity index (χ1v) is 10.5. The summed E-state index contributed by atoms with van der Waals surface area (Å²) in [7, 11) is -2.19. The number of hydrogen-bond donors (Lipinski definition) is 1. The van der Waals surface area contributed by atoms with Gasteiger partial charge in [0.1, 0.15) is 16.4 Å². The molecule has 0 saturated carbocycles. The maximum atomic E-state index is 12.7.